The molecule has 0 atom stereocenters. The van der Waals surface area contributed by atoms with Crippen molar-refractivity contribution in [2.45, 2.75) is 19.9 Å². The Morgan fingerprint density at radius 3 is 2.45 bits per heavy atom. The number of carbonyl (C=O) groups excluding carboxylic acids is 1. The van der Waals surface area contributed by atoms with Crippen LogP contribution in [0.15, 0.2) is 48.5 Å². The Hall–Kier alpha value is -2.56. The Kier molecular flexibility index (Phi) is 5.77. The van der Waals surface area contributed by atoms with Crippen LogP contribution in [0.1, 0.15) is 18.1 Å². The zero-order chi connectivity index (χ0) is 15.8. The number of urea groups is 1. The van der Waals surface area contributed by atoms with Crippen molar-refractivity contribution in [1.29, 1.82) is 0 Å². The Labute approximate surface area is 129 Å². The molecule has 0 fully saturated rings. The van der Waals surface area contributed by atoms with Crippen LogP contribution in [0.4, 0.5) is 9.18 Å². The van der Waals surface area contributed by atoms with Gasteiger partial charge in [-0.15, -0.1) is 0 Å². The monoisotopic (exact) mass is 302 g/mol. The molecular weight excluding hydrogens is 283 g/mol. The summed E-state index contributed by atoms with van der Waals surface area (Å²) in [6.07, 6.45) is 0.857. The number of halogens is 1. The predicted molar refractivity (Wildman–Crippen MR) is 83.1 cm³/mol. The number of hydrogen-bond donors (Lipinski definition) is 2. The van der Waals surface area contributed by atoms with Crippen molar-refractivity contribution in [2.75, 3.05) is 6.73 Å². The second-order valence-electron chi connectivity index (χ2n) is 4.70. The highest BCUT2D eigenvalue weighted by Crippen LogP contribution is 2.17. The number of ether oxygens (including phenoxy) is 1. The fourth-order valence-corrected chi connectivity index (χ4v) is 2.00. The highest BCUT2D eigenvalue weighted by atomic mass is 19.1. The first-order valence-electron chi connectivity index (χ1n) is 7.16. The first-order valence-corrected chi connectivity index (χ1v) is 7.16. The van der Waals surface area contributed by atoms with Crippen molar-refractivity contribution in [1.82, 2.24) is 10.6 Å². The number of hydrogen-bond acceptors (Lipinski definition) is 2. The van der Waals surface area contributed by atoms with Crippen LogP contribution < -0.4 is 15.4 Å². The van der Waals surface area contributed by atoms with E-state index in [1.807, 2.05) is 31.2 Å². The molecule has 2 N–H and O–H groups in total. The summed E-state index contributed by atoms with van der Waals surface area (Å²) in [5.41, 5.74) is 1.52. The van der Waals surface area contributed by atoms with Gasteiger partial charge in [-0.25, -0.2) is 9.18 Å². The van der Waals surface area contributed by atoms with E-state index in [1.165, 1.54) is 6.07 Å². The van der Waals surface area contributed by atoms with Gasteiger partial charge in [-0.1, -0.05) is 43.3 Å². The van der Waals surface area contributed by atoms with E-state index in [9.17, 15) is 9.18 Å². The third-order valence-electron chi connectivity index (χ3n) is 3.21. The van der Waals surface area contributed by atoms with E-state index in [-0.39, 0.29) is 19.1 Å². The Balaban J connectivity index is 1.75. The summed E-state index contributed by atoms with van der Waals surface area (Å²) < 4.78 is 18.9. The van der Waals surface area contributed by atoms with Crippen molar-refractivity contribution in [3.63, 3.8) is 0 Å². The number of nitrogens with one attached hydrogen (secondary N) is 2. The van der Waals surface area contributed by atoms with Gasteiger partial charge in [0.25, 0.3) is 0 Å². The van der Waals surface area contributed by atoms with Crippen molar-refractivity contribution >= 4 is 6.03 Å². The molecule has 0 unspecified atom stereocenters. The van der Waals surface area contributed by atoms with Crippen LogP contribution in [-0.4, -0.2) is 12.8 Å². The summed E-state index contributed by atoms with van der Waals surface area (Å²) in [6, 6.07) is 13.6. The van der Waals surface area contributed by atoms with Gasteiger partial charge < -0.3 is 15.4 Å². The minimum Gasteiger partial charge on any atom is -0.473 e. The fraction of sp³-hybridized carbons (Fsp3) is 0.235. The molecule has 0 radical (unpaired) electrons. The molecule has 2 aromatic rings. The molecule has 2 amide bonds. The van der Waals surface area contributed by atoms with E-state index in [4.69, 9.17) is 4.74 Å². The van der Waals surface area contributed by atoms with E-state index in [0.717, 1.165) is 17.7 Å². The van der Waals surface area contributed by atoms with Crippen molar-refractivity contribution in [3.05, 3.63) is 65.5 Å². The zero-order valence-corrected chi connectivity index (χ0v) is 12.4. The summed E-state index contributed by atoms with van der Waals surface area (Å²) in [6.45, 7) is 2.22. The third-order valence-corrected chi connectivity index (χ3v) is 3.21. The lowest BCUT2D eigenvalue weighted by Crippen LogP contribution is -2.37. The van der Waals surface area contributed by atoms with E-state index >= 15 is 0 Å². The van der Waals surface area contributed by atoms with Gasteiger partial charge in [0.05, 0.1) is 0 Å². The second-order valence-corrected chi connectivity index (χ2v) is 4.70. The average molecular weight is 302 g/mol. The average Bonchev–Trinajstić information content (AvgIpc) is 2.54. The predicted octanol–water partition coefficient (Wildman–Crippen LogP) is 3.22. The highest BCUT2D eigenvalue weighted by Gasteiger charge is 2.05. The summed E-state index contributed by atoms with van der Waals surface area (Å²) in [5.74, 6) is 0.412. The lowest BCUT2D eigenvalue weighted by molar-refractivity contribution is 0.223. The maximum atomic E-state index is 13.4. The third kappa shape index (κ3) is 4.48. The molecule has 0 saturated carbocycles. The second kappa shape index (κ2) is 8.02. The van der Waals surface area contributed by atoms with Crippen molar-refractivity contribution < 1.29 is 13.9 Å². The standard InChI is InChI=1S/C17H19FN2O2/c1-2-13-7-4-6-10-16(13)22-12-20-17(21)19-11-14-8-3-5-9-15(14)18/h3-10H,2,11-12H2,1H3,(H2,19,20,21). The van der Waals surface area contributed by atoms with Gasteiger partial charge in [-0.3, -0.25) is 0 Å². The van der Waals surface area contributed by atoms with Crippen LogP contribution in [0.5, 0.6) is 5.75 Å². The van der Waals surface area contributed by atoms with E-state index in [1.54, 1.807) is 18.2 Å². The molecule has 0 aliphatic carbocycles. The van der Waals surface area contributed by atoms with Crippen LogP contribution in [0.25, 0.3) is 0 Å². The minimum atomic E-state index is -0.405. The largest absolute Gasteiger partial charge is 0.473 e. The maximum Gasteiger partial charge on any atom is 0.317 e. The first-order chi connectivity index (χ1) is 10.7. The number of carbonyl (C=O) groups is 1. The van der Waals surface area contributed by atoms with Gasteiger partial charge in [0.15, 0.2) is 6.73 Å². The summed E-state index contributed by atoms with van der Waals surface area (Å²) in [4.78, 5) is 11.6. The molecule has 0 aliphatic rings. The molecule has 4 nitrogen and oxygen atoms in total. The van der Waals surface area contributed by atoms with Crippen LogP contribution in [-0.2, 0) is 13.0 Å². The fourth-order valence-electron chi connectivity index (χ4n) is 2.00. The molecule has 0 bridgehead atoms. The number of aryl methyl sites for hydroxylation is 1. The van der Waals surface area contributed by atoms with Crippen LogP contribution in [0, 0.1) is 5.82 Å². The van der Waals surface area contributed by atoms with Crippen LogP contribution >= 0.6 is 0 Å². The van der Waals surface area contributed by atoms with Crippen LogP contribution in [0.3, 0.4) is 0 Å². The van der Waals surface area contributed by atoms with Gasteiger partial charge in [0, 0.05) is 12.1 Å². The molecule has 22 heavy (non-hydrogen) atoms. The van der Waals surface area contributed by atoms with Crippen molar-refractivity contribution in [2.24, 2.45) is 0 Å². The first kappa shape index (κ1) is 15.8. The van der Waals surface area contributed by atoms with Gasteiger partial charge in [0.1, 0.15) is 11.6 Å². The van der Waals surface area contributed by atoms with E-state index < -0.39 is 6.03 Å². The Bertz CT molecular complexity index is 632. The van der Waals surface area contributed by atoms with Gasteiger partial charge in [-0.2, -0.15) is 0 Å². The molecular formula is C17H19FN2O2. The lowest BCUT2D eigenvalue weighted by Gasteiger charge is -2.12. The summed E-state index contributed by atoms with van der Waals surface area (Å²) in [5, 5.41) is 5.16. The zero-order valence-electron chi connectivity index (χ0n) is 12.4. The Morgan fingerprint density at radius 2 is 1.73 bits per heavy atom. The molecule has 5 heteroatoms. The Morgan fingerprint density at radius 1 is 1.05 bits per heavy atom. The molecule has 2 rings (SSSR count). The number of para-hydroxylation sites is 1. The molecule has 0 saturated heterocycles. The molecule has 0 aromatic heterocycles. The highest BCUT2D eigenvalue weighted by molar-refractivity contribution is 5.73. The van der Waals surface area contributed by atoms with Gasteiger partial charge in [0.2, 0.25) is 0 Å². The summed E-state index contributed by atoms with van der Waals surface area (Å²) >= 11 is 0. The van der Waals surface area contributed by atoms with E-state index in [0.29, 0.717) is 5.56 Å². The van der Waals surface area contributed by atoms with Crippen molar-refractivity contribution in [3.8, 4) is 5.75 Å². The lowest BCUT2D eigenvalue weighted by atomic mass is 10.1. The molecule has 0 heterocycles. The SMILES string of the molecule is CCc1ccccc1OCNC(=O)NCc1ccccc1F. The molecule has 116 valence electrons. The molecule has 0 spiro atoms. The maximum absolute atomic E-state index is 13.4. The number of benzene rings is 2. The summed E-state index contributed by atoms with van der Waals surface area (Å²) in [7, 11) is 0. The number of amides is 2. The minimum absolute atomic E-state index is 0.0557. The molecule has 2 aromatic carbocycles. The molecule has 0 aliphatic heterocycles. The topological polar surface area (TPSA) is 50.4 Å². The van der Waals surface area contributed by atoms with E-state index in [2.05, 4.69) is 10.6 Å². The normalized spacial score (nSPS) is 10.1. The van der Waals surface area contributed by atoms with Crippen LogP contribution in [0.2, 0.25) is 0 Å². The van der Waals surface area contributed by atoms with Gasteiger partial charge in [-0.05, 0) is 24.1 Å². The number of rotatable bonds is 6. The smallest absolute Gasteiger partial charge is 0.317 e. The van der Waals surface area contributed by atoms with Gasteiger partial charge >= 0.3 is 6.03 Å². The quantitative estimate of drug-likeness (QED) is 0.805.